The Bertz CT molecular complexity index is 352. The molecule has 1 aliphatic rings. The highest BCUT2D eigenvalue weighted by molar-refractivity contribution is 7.99. The zero-order chi connectivity index (χ0) is 12.8. The molecule has 1 aromatic heterocycles. The molecule has 0 aromatic carbocycles. The molecular weight excluding hydrogens is 268 g/mol. The lowest BCUT2D eigenvalue weighted by molar-refractivity contribution is 0.423. The van der Waals surface area contributed by atoms with Crippen LogP contribution in [0.4, 0.5) is 0 Å². The first-order valence-corrected chi connectivity index (χ1v) is 8.30. The molecule has 6 heteroatoms. The monoisotopic (exact) mass is 288 g/mol. The minimum Gasteiger partial charge on any atom is -0.217 e. The van der Waals surface area contributed by atoms with Gasteiger partial charge < -0.3 is 0 Å². The molecule has 0 spiro atoms. The number of nitrogens with zero attached hydrogens (tertiary/aromatic N) is 4. The third-order valence-corrected chi connectivity index (χ3v) is 4.76. The number of halogens is 1. The van der Waals surface area contributed by atoms with Crippen LogP contribution < -0.4 is 0 Å². The second kappa shape index (κ2) is 7.34. The van der Waals surface area contributed by atoms with E-state index in [2.05, 4.69) is 22.4 Å². The first kappa shape index (κ1) is 14.1. The van der Waals surface area contributed by atoms with E-state index in [1.54, 1.807) is 11.8 Å². The Labute approximate surface area is 118 Å². The van der Waals surface area contributed by atoms with Crippen molar-refractivity contribution in [3.05, 3.63) is 0 Å². The number of alkyl halides is 1. The Hall–Kier alpha value is -0.290. The SMILES string of the molecule is CC(CCCl)CCSc1nnnn1C1CCCC1. The molecule has 1 atom stereocenters. The second-order valence-electron chi connectivity index (χ2n) is 5.06. The fourth-order valence-corrected chi connectivity index (χ4v) is 3.83. The lowest BCUT2D eigenvalue weighted by Crippen LogP contribution is -2.08. The number of tetrazole rings is 1. The van der Waals surface area contributed by atoms with Crippen LogP contribution >= 0.6 is 23.4 Å². The fourth-order valence-electron chi connectivity index (χ4n) is 2.34. The number of aromatic nitrogens is 4. The Kier molecular flexibility index (Phi) is 5.76. The quantitative estimate of drug-likeness (QED) is 0.569. The van der Waals surface area contributed by atoms with Gasteiger partial charge in [0.05, 0.1) is 6.04 Å². The summed E-state index contributed by atoms with van der Waals surface area (Å²) in [6.07, 6.45) is 7.33. The van der Waals surface area contributed by atoms with Crippen molar-refractivity contribution in [2.45, 2.75) is 56.6 Å². The van der Waals surface area contributed by atoms with Gasteiger partial charge in [0.25, 0.3) is 0 Å². The molecule has 1 saturated carbocycles. The van der Waals surface area contributed by atoms with Crippen LogP contribution in [0.15, 0.2) is 5.16 Å². The highest BCUT2D eigenvalue weighted by Gasteiger charge is 2.21. The number of hydrogen-bond donors (Lipinski definition) is 0. The van der Waals surface area contributed by atoms with Gasteiger partial charge in [0.2, 0.25) is 5.16 Å². The Balaban J connectivity index is 1.80. The van der Waals surface area contributed by atoms with Gasteiger partial charge in [0, 0.05) is 11.6 Å². The molecule has 1 aromatic rings. The van der Waals surface area contributed by atoms with E-state index in [1.165, 1.54) is 32.1 Å². The van der Waals surface area contributed by atoms with Crippen molar-refractivity contribution in [3.8, 4) is 0 Å². The van der Waals surface area contributed by atoms with Gasteiger partial charge in [-0.3, -0.25) is 0 Å². The zero-order valence-corrected chi connectivity index (χ0v) is 12.5. The standard InChI is InChI=1S/C12H21ClN4S/c1-10(6-8-13)7-9-18-12-14-15-16-17(12)11-4-2-3-5-11/h10-11H,2-9H2,1H3. The van der Waals surface area contributed by atoms with Gasteiger partial charge in [-0.05, 0) is 42.0 Å². The number of thioether (sulfide) groups is 1. The van der Waals surface area contributed by atoms with Crippen LogP contribution in [0.5, 0.6) is 0 Å². The van der Waals surface area contributed by atoms with E-state index < -0.39 is 0 Å². The summed E-state index contributed by atoms with van der Waals surface area (Å²) in [6, 6.07) is 0.530. The summed E-state index contributed by atoms with van der Waals surface area (Å²) >= 11 is 7.52. The molecule has 1 heterocycles. The molecule has 0 N–H and O–H groups in total. The molecule has 0 aliphatic heterocycles. The van der Waals surface area contributed by atoms with E-state index >= 15 is 0 Å². The zero-order valence-electron chi connectivity index (χ0n) is 10.9. The average Bonchev–Trinajstić information content (AvgIpc) is 2.98. The summed E-state index contributed by atoms with van der Waals surface area (Å²) in [5.74, 6) is 2.52. The summed E-state index contributed by atoms with van der Waals surface area (Å²) in [5.41, 5.74) is 0. The third kappa shape index (κ3) is 3.85. The van der Waals surface area contributed by atoms with Crippen molar-refractivity contribution in [2.75, 3.05) is 11.6 Å². The lowest BCUT2D eigenvalue weighted by Gasteiger charge is -2.12. The Morgan fingerprint density at radius 3 is 2.89 bits per heavy atom. The lowest BCUT2D eigenvalue weighted by atomic mass is 10.1. The maximum atomic E-state index is 5.74. The van der Waals surface area contributed by atoms with Gasteiger partial charge in [-0.15, -0.1) is 16.7 Å². The molecule has 1 aliphatic carbocycles. The average molecular weight is 289 g/mol. The van der Waals surface area contributed by atoms with Gasteiger partial charge in [-0.1, -0.05) is 31.5 Å². The smallest absolute Gasteiger partial charge is 0.209 e. The van der Waals surface area contributed by atoms with Crippen molar-refractivity contribution in [1.29, 1.82) is 0 Å². The minimum absolute atomic E-state index is 0.530. The molecule has 0 radical (unpaired) electrons. The van der Waals surface area contributed by atoms with Gasteiger partial charge in [-0.2, -0.15) is 0 Å². The molecule has 0 saturated heterocycles. The van der Waals surface area contributed by atoms with E-state index in [9.17, 15) is 0 Å². The highest BCUT2D eigenvalue weighted by atomic mass is 35.5. The van der Waals surface area contributed by atoms with Crippen LogP contribution in [0, 0.1) is 5.92 Å². The molecule has 0 amide bonds. The molecule has 4 nitrogen and oxygen atoms in total. The molecule has 18 heavy (non-hydrogen) atoms. The second-order valence-corrected chi connectivity index (χ2v) is 6.50. The Morgan fingerprint density at radius 2 is 2.17 bits per heavy atom. The third-order valence-electron chi connectivity index (χ3n) is 3.58. The Morgan fingerprint density at radius 1 is 1.39 bits per heavy atom. The van der Waals surface area contributed by atoms with Crippen LogP contribution in [0.3, 0.4) is 0 Å². The normalized spacial score (nSPS) is 18.3. The van der Waals surface area contributed by atoms with E-state index in [0.29, 0.717) is 12.0 Å². The van der Waals surface area contributed by atoms with Crippen molar-refractivity contribution >= 4 is 23.4 Å². The molecular formula is C12H21ClN4S. The van der Waals surface area contributed by atoms with Crippen LogP contribution in [0.1, 0.15) is 51.5 Å². The predicted octanol–water partition coefficient (Wildman–Crippen LogP) is 3.54. The molecule has 1 unspecified atom stereocenters. The number of hydrogen-bond acceptors (Lipinski definition) is 4. The predicted molar refractivity (Wildman–Crippen MR) is 75.2 cm³/mol. The number of rotatable bonds is 7. The van der Waals surface area contributed by atoms with Crippen LogP contribution in [-0.4, -0.2) is 31.8 Å². The first-order chi connectivity index (χ1) is 8.81. The minimum atomic E-state index is 0.530. The van der Waals surface area contributed by atoms with Crippen molar-refractivity contribution in [1.82, 2.24) is 20.2 Å². The topological polar surface area (TPSA) is 43.6 Å². The van der Waals surface area contributed by atoms with Gasteiger partial charge in [0.1, 0.15) is 0 Å². The maximum absolute atomic E-state index is 5.74. The largest absolute Gasteiger partial charge is 0.217 e. The molecule has 1 fully saturated rings. The van der Waals surface area contributed by atoms with Crippen molar-refractivity contribution in [2.24, 2.45) is 5.92 Å². The van der Waals surface area contributed by atoms with Crippen LogP contribution in [-0.2, 0) is 0 Å². The summed E-state index contributed by atoms with van der Waals surface area (Å²) in [5, 5.41) is 13.1. The van der Waals surface area contributed by atoms with E-state index in [0.717, 1.165) is 23.2 Å². The van der Waals surface area contributed by atoms with E-state index in [4.69, 9.17) is 11.6 Å². The molecule has 0 bridgehead atoms. The van der Waals surface area contributed by atoms with E-state index in [-0.39, 0.29) is 0 Å². The summed E-state index contributed by atoms with van der Waals surface area (Å²) < 4.78 is 2.03. The fraction of sp³-hybridized carbons (Fsp3) is 0.917. The molecule has 102 valence electrons. The van der Waals surface area contributed by atoms with Crippen LogP contribution in [0.25, 0.3) is 0 Å². The first-order valence-electron chi connectivity index (χ1n) is 6.78. The van der Waals surface area contributed by atoms with Crippen molar-refractivity contribution < 1.29 is 0 Å². The van der Waals surface area contributed by atoms with Gasteiger partial charge in [-0.25, -0.2) is 4.68 Å². The maximum Gasteiger partial charge on any atom is 0.209 e. The summed E-state index contributed by atoms with van der Waals surface area (Å²) in [7, 11) is 0. The summed E-state index contributed by atoms with van der Waals surface area (Å²) in [6.45, 7) is 2.25. The van der Waals surface area contributed by atoms with Crippen LogP contribution in [0.2, 0.25) is 0 Å². The van der Waals surface area contributed by atoms with Gasteiger partial charge >= 0.3 is 0 Å². The van der Waals surface area contributed by atoms with Crippen molar-refractivity contribution in [3.63, 3.8) is 0 Å². The van der Waals surface area contributed by atoms with Gasteiger partial charge in [0.15, 0.2) is 0 Å². The van der Waals surface area contributed by atoms with E-state index in [1.807, 2.05) is 4.68 Å². The molecule has 2 rings (SSSR count). The highest BCUT2D eigenvalue weighted by Crippen LogP contribution is 2.31. The summed E-state index contributed by atoms with van der Waals surface area (Å²) in [4.78, 5) is 0.